The molecule has 1 aromatic rings. The van der Waals surface area contributed by atoms with Gasteiger partial charge < -0.3 is 15.4 Å². The first-order chi connectivity index (χ1) is 8.50. The molecule has 98 valence electrons. The number of nitrogens with one attached hydrogen (secondary N) is 1. The van der Waals surface area contributed by atoms with Crippen molar-refractivity contribution in [2.45, 2.75) is 25.5 Å². The number of nitrogens with two attached hydrogens (primary N) is 1. The summed E-state index contributed by atoms with van der Waals surface area (Å²) in [6.07, 6.45) is 1.20. The Kier molecular flexibility index (Phi) is 3.92. The van der Waals surface area contributed by atoms with Crippen molar-refractivity contribution in [2.75, 3.05) is 18.6 Å². The number of rotatable bonds is 3. The highest BCUT2D eigenvalue weighted by Crippen LogP contribution is 2.29. The molecule has 0 aliphatic carbocycles. The second kappa shape index (κ2) is 5.28. The van der Waals surface area contributed by atoms with Gasteiger partial charge in [0.1, 0.15) is 5.84 Å². The number of anilines is 1. The maximum Gasteiger partial charge on any atom is 0.124 e. The van der Waals surface area contributed by atoms with E-state index in [0.29, 0.717) is 6.04 Å². The van der Waals surface area contributed by atoms with Gasteiger partial charge in [-0.25, -0.2) is 0 Å². The van der Waals surface area contributed by atoms with E-state index in [-0.39, 0.29) is 11.9 Å². The van der Waals surface area contributed by atoms with Crippen LogP contribution in [0, 0.1) is 5.41 Å². The van der Waals surface area contributed by atoms with E-state index in [1.807, 2.05) is 25.2 Å². The molecule has 1 aliphatic rings. The van der Waals surface area contributed by atoms with Gasteiger partial charge in [-0.1, -0.05) is 15.9 Å². The second-order valence-electron chi connectivity index (χ2n) is 4.62. The average molecular weight is 312 g/mol. The fourth-order valence-electron chi connectivity index (χ4n) is 2.43. The van der Waals surface area contributed by atoms with Crippen molar-refractivity contribution in [3.05, 3.63) is 28.2 Å². The molecule has 2 atom stereocenters. The lowest BCUT2D eigenvalue weighted by atomic mass is 10.1. The van der Waals surface area contributed by atoms with Crippen LogP contribution in [-0.4, -0.2) is 31.6 Å². The molecule has 1 aliphatic heterocycles. The van der Waals surface area contributed by atoms with E-state index in [2.05, 4.69) is 27.8 Å². The molecule has 0 saturated carbocycles. The van der Waals surface area contributed by atoms with Crippen molar-refractivity contribution in [3.63, 3.8) is 0 Å². The topological polar surface area (TPSA) is 62.3 Å². The Bertz CT molecular complexity index is 464. The Hall–Kier alpha value is -1.07. The number of hydrogen-bond donors (Lipinski definition) is 2. The van der Waals surface area contributed by atoms with Gasteiger partial charge in [0.05, 0.1) is 12.1 Å². The van der Waals surface area contributed by atoms with Gasteiger partial charge in [-0.3, -0.25) is 5.41 Å². The third kappa shape index (κ3) is 2.52. The molecule has 0 aromatic heterocycles. The first-order valence-electron chi connectivity index (χ1n) is 5.99. The van der Waals surface area contributed by atoms with Gasteiger partial charge in [0.15, 0.2) is 0 Å². The van der Waals surface area contributed by atoms with Crippen LogP contribution in [0.5, 0.6) is 0 Å². The summed E-state index contributed by atoms with van der Waals surface area (Å²) in [4.78, 5) is 2.17. The Balaban J connectivity index is 2.36. The van der Waals surface area contributed by atoms with Crippen LogP contribution < -0.4 is 10.6 Å². The van der Waals surface area contributed by atoms with Crippen molar-refractivity contribution in [1.82, 2.24) is 0 Å². The fourth-order valence-corrected chi connectivity index (χ4v) is 2.78. The van der Waals surface area contributed by atoms with Crippen LogP contribution in [0.1, 0.15) is 18.9 Å². The largest absolute Gasteiger partial charge is 0.384 e. The number of nitrogens with zero attached hydrogens (tertiary/aromatic N) is 1. The predicted octanol–water partition coefficient (Wildman–Crippen LogP) is 2.35. The highest BCUT2D eigenvalue weighted by molar-refractivity contribution is 9.10. The smallest absolute Gasteiger partial charge is 0.124 e. The zero-order valence-electron chi connectivity index (χ0n) is 10.6. The van der Waals surface area contributed by atoms with Crippen molar-refractivity contribution < 1.29 is 4.74 Å². The summed E-state index contributed by atoms with van der Waals surface area (Å²) in [7, 11) is 2.03. The SMILES string of the molecule is CC1OCCC1N(C)c1cc(Br)ccc1C(=N)N. The Morgan fingerprint density at radius 2 is 2.28 bits per heavy atom. The van der Waals surface area contributed by atoms with Crippen LogP contribution in [-0.2, 0) is 4.74 Å². The minimum Gasteiger partial charge on any atom is -0.384 e. The summed E-state index contributed by atoms with van der Waals surface area (Å²) in [6.45, 7) is 2.87. The lowest BCUT2D eigenvalue weighted by Crippen LogP contribution is -2.38. The number of ether oxygens (including phenoxy) is 1. The van der Waals surface area contributed by atoms with Gasteiger partial charge in [0, 0.05) is 29.4 Å². The van der Waals surface area contributed by atoms with E-state index in [0.717, 1.165) is 28.8 Å². The van der Waals surface area contributed by atoms with Gasteiger partial charge >= 0.3 is 0 Å². The Labute approximate surface area is 116 Å². The van der Waals surface area contributed by atoms with Crippen LogP contribution in [0.25, 0.3) is 0 Å². The average Bonchev–Trinajstić information content (AvgIpc) is 2.74. The molecule has 18 heavy (non-hydrogen) atoms. The molecule has 3 N–H and O–H groups in total. The lowest BCUT2D eigenvalue weighted by molar-refractivity contribution is 0.118. The normalized spacial score (nSPS) is 23.1. The first-order valence-corrected chi connectivity index (χ1v) is 6.78. The van der Waals surface area contributed by atoms with E-state index < -0.39 is 0 Å². The molecule has 0 spiro atoms. The van der Waals surface area contributed by atoms with E-state index in [1.165, 1.54) is 0 Å². The summed E-state index contributed by atoms with van der Waals surface area (Å²) in [5.74, 6) is 0.0934. The molecule has 1 saturated heterocycles. The number of nitrogen functional groups attached to an aromatic ring is 1. The number of amidine groups is 1. The van der Waals surface area contributed by atoms with E-state index >= 15 is 0 Å². The number of benzene rings is 1. The highest BCUT2D eigenvalue weighted by Gasteiger charge is 2.29. The standard InChI is InChI=1S/C13H18BrN3O/c1-8-11(5-6-18-8)17(2)12-7-9(14)3-4-10(12)13(15)16/h3-4,7-8,11H,5-6H2,1-2H3,(H3,15,16). The van der Waals surface area contributed by atoms with Crippen molar-refractivity contribution >= 4 is 27.5 Å². The minimum atomic E-state index is 0.0934. The van der Waals surface area contributed by atoms with E-state index in [1.54, 1.807) is 0 Å². The third-order valence-electron chi connectivity index (χ3n) is 3.46. The minimum absolute atomic E-state index is 0.0934. The first kappa shape index (κ1) is 13.4. The molecule has 0 radical (unpaired) electrons. The zero-order valence-corrected chi connectivity index (χ0v) is 12.2. The van der Waals surface area contributed by atoms with E-state index in [4.69, 9.17) is 15.9 Å². The molecular formula is C13H18BrN3O. The molecule has 4 nitrogen and oxygen atoms in total. The van der Waals surface area contributed by atoms with Gasteiger partial charge in [0.25, 0.3) is 0 Å². The summed E-state index contributed by atoms with van der Waals surface area (Å²) in [6, 6.07) is 6.11. The van der Waals surface area contributed by atoms with Crippen LogP contribution in [0.15, 0.2) is 22.7 Å². The quantitative estimate of drug-likeness (QED) is 0.665. The molecule has 0 amide bonds. The lowest BCUT2D eigenvalue weighted by Gasteiger charge is -2.30. The second-order valence-corrected chi connectivity index (χ2v) is 5.53. The van der Waals surface area contributed by atoms with Gasteiger partial charge in [-0.05, 0) is 31.5 Å². The maximum atomic E-state index is 7.67. The Morgan fingerprint density at radius 1 is 1.56 bits per heavy atom. The summed E-state index contributed by atoms with van der Waals surface area (Å²) in [5, 5.41) is 7.67. The van der Waals surface area contributed by atoms with Crippen molar-refractivity contribution in [2.24, 2.45) is 5.73 Å². The van der Waals surface area contributed by atoms with E-state index in [9.17, 15) is 0 Å². The summed E-state index contributed by atoms with van der Waals surface area (Å²) >= 11 is 3.47. The van der Waals surface area contributed by atoms with Gasteiger partial charge in [-0.2, -0.15) is 0 Å². The monoisotopic (exact) mass is 311 g/mol. The third-order valence-corrected chi connectivity index (χ3v) is 3.96. The van der Waals surface area contributed by atoms with Crippen LogP contribution in [0.3, 0.4) is 0 Å². The molecule has 2 unspecified atom stereocenters. The molecule has 2 rings (SSSR count). The van der Waals surface area contributed by atoms with Gasteiger partial charge in [0.2, 0.25) is 0 Å². The van der Waals surface area contributed by atoms with Crippen molar-refractivity contribution in [3.8, 4) is 0 Å². The van der Waals surface area contributed by atoms with Crippen molar-refractivity contribution in [1.29, 1.82) is 5.41 Å². The zero-order chi connectivity index (χ0) is 13.3. The molecule has 0 bridgehead atoms. The fraction of sp³-hybridized carbons (Fsp3) is 0.462. The Morgan fingerprint density at radius 3 is 2.83 bits per heavy atom. The summed E-state index contributed by atoms with van der Waals surface area (Å²) in [5.41, 5.74) is 7.38. The molecule has 5 heteroatoms. The highest BCUT2D eigenvalue weighted by atomic mass is 79.9. The maximum absolute atomic E-state index is 7.67. The van der Waals surface area contributed by atoms with Crippen LogP contribution >= 0.6 is 15.9 Å². The molecule has 1 heterocycles. The predicted molar refractivity (Wildman–Crippen MR) is 77.4 cm³/mol. The molecular weight excluding hydrogens is 294 g/mol. The van der Waals surface area contributed by atoms with Gasteiger partial charge in [-0.15, -0.1) is 0 Å². The number of likely N-dealkylation sites (N-methyl/N-ethyl adjacent to an activating group) is 1. The van der Waals surface area contributed by atoms with Crippen LogP contribution in [0.4, 0.5) is 5.69 Å². The number of halogens is 1. The van der Waals surface area contributed by atoms with Crippen LogP contribution in [0.2, 0.25) is 0 Å². The molecule has 1 fully saturated rings. The number of hydrogen-bond acceptors (Lipinski definition) is 3. The molecule has 1 aromatic carbocycles. The summed E-state index contributed by atoms with van der Waals surface area (Å²) < 4.78 is 6.59.